The molecule has 1 N–H and O–H groups in total. The summed E-state index contributed by atoms with van der Waals surface area (Å²) >= 11 is 7.67. The monoisotopic (exact) mass is 313 g/mol. The Bertz CT molecular complexity index is 592. The Morgan fingerprint density at radius 1 is 1.15 bits per heavy atom. The average Bonchev–Trinajstić information content (AvgIpc) is 2.45. The Hall–Kier alpha value is -1.10. The fraction of sp³-hybridized carbons (Fsp3) is 0.200. The number of nitrogens with one attached hydrogen (secondary N) is 1. The van der Waals surface area contributed by atoms with E-state index in [0.29, 0.717) is 16.3 Å². The van der Waals surface area contributed by atoms with Gasteiger partial charge in [0.05, 0.1) is 5.02 Å². The largest absolute Gasteiger partial charge is 0.312 e. The van der Waals surface area contributed by atoms with Gasteiger partial charge >= 0.3 is 0 Å². The molecular formula is C15H14ClF2NS. The number of hydrogen-bond acceptors (Lipinski definition) is 2. The predicted molar refractivity (Wildman–Crippen MR) is 80.3 cm³/mol. The number of rotatable bonds is 5. The van der Waals surface area contributed by atoms with Crippen LogP contribution in [0.2, 0.25) is 5.02 Å². The molecule has 0 saturated carbocycles. The molecule has 0 heterocycles. The van der Waals surface area contributed by atoms with Gasteiger partial charge in [0, 0.05) is 16.7 Å². The van der Waals surface area contributed by atoms with Gasteiger partial charge in [0.15, 0.2) is 11.6 Å². The fourth-order valence-electron chi connectivity index (χ4n) is 1.81. The molecular weight excluding hydrogens is 300 g/mol. The summed E-state index contributed by atoms with van der Waals surface area (Å²) in [6.07, 6.45) is 0. The maximum absolute atomic E-state index is 13.3. The van der Waals surface area contributed by atoms with Crippen molar-refractivity contribution in [3.05, 3.63) is 64.7 Å². The number of hydrogen-bond donors (Lipinski definition) is 1. The SMILES string of the molecule is CNC(CSc1ccccc1Cl)c1ccc(F)c(F)c1. The van der Waals surface area contributed by atoms with E-state index in [-0.39, 0.29) is 6.04 Å². The summed E-state index contributed by atoms with van der Waals surface area (Å²) in [7, 11) is 1.79. The molecule has 0 fully saturated rings. The van der Waals surface area contributed by atoms with Gasteiger partial charge in [-0.25, -0.2) is 8.78 Å². The van der Waals surface area contributed by atoms with Crippen LogP contribution in [0.5, 0.6) is 0 Å². The third-order valence-electron chi connectivity index (χ3n) is 2.94. The van der Waals surface area contributed by atoms with E-state index in [1.807, 2.05) is 24.3 Å². The smallest absolute Gasteiger partial charge is 0.159 e. The van der Waals surface area contributed by atoms with Crippen molar-refractivity contribution >= 4 is 23.4 Å². The first-order valence-electron chi connectivity index (χ1n) is 6.11. The lowest BCUT2D eigenvalue weighted by atomic mass is 10.1. The zero-order chi connectivity index (χ0) is 14.5. The van der Waals surface area contributed by atoms with Gasteiger partial charge in [-0.3, -0.25) is 0 Å². The van der Waals surface area contributed by atoms with Crippen molar-refractivity contribution in [2.45, 2.75) is 10.9 Å². The Morgan fingerprint density at radius 3 is 2.55 bits per heavy atom. The zero-order valence-corrected chi connectivity index (χ0v) is 12.4. The molecule has 0 spiro atoms. The molecule has 0 aromatic heterocycles. The highest BCUT2D eigenvalue weighted by atomic mass is 35.5. The second-order valence-corrected chi connectivity index (χ2v) is 5.73. The molecule has 0 bridgehead atoms. The van der Waals surface area contributed by atoms with Gasteiger partial charge < -0.3 is 5.32 Å². The van der Waals surface area contributed by atoms with Crippen LogP contribution >= 0.6 is 23.4 Å². The third kappa shape index (κ3) is 3.72. The van der Waals surface area contributed by atoms with Gasteiger partial charge in [0.2, 0.25) is 0 Å². The average molecular weight is 314 g/mol. The van der Waals surface area contributed by atoms with Crippen LogP contribution in [0.15, 0.2) is 47.4 Å². The predicted octanol–water partition coefficient (Wildman–Crippen LogP) is 4.67. The van der Waals surface area contributed by atoms with Gasteiger partial charge in [-0.1, -0.05) is 29.8 Å². The quantitative estimate of drug-likeness (QED) is 0.805. The first-order chi connectivity index (χ1) is 9.61. The Morgan fingerprint density at radius 2 is 1.90 bits per heavy atom. The Balaban J connectivity index is 2.09. The summed E-state index contributed by atoms with van der Waals surface area (Å²) in [6.45, 7) is 0. The zero-order valence-electron chi connectivity index (χ0n) is 10.9. The van der Waals surface area contributed by atoms with Gasteiger partial charge in [-0.2, -0.15) is 0 Å². The van der Waals surface area contributed by atoms with E-state index < -0.39 is 11.6 Å². The van der Waals surface area contributed by atoms with Crippen molar-refractivity contribution in [2.24, 2.45) is 0 Å². The fourth-order valence-corrected chi connectivity index (χ4v) is 3.20. The molecule has 2 aromatic carbocycles. The van der Waals surface area contributed by atoms with Crippen molar-refractivity contribution in [3.8, 4) is 0 Å². The molecule has 1 atom stereocenters. The van der Waals surface area contributed by atoms with E-state index in [2.05, 4.69) is 5.32 Å². The lowest BCUT2D eigenvalue weighted by Gasteiger charge is -2.17. The van der Waals surface area contributed by atoms with Crippen LogP contribution in [0, 0.1) is 11.6 Å². The standard InChI is InChI=1S/C15H14ClF2NS/c1-19-14(10-6-7-12(17)13(18)8-10)9-20-15-5-3-2-4-11(15)16/h2-8,14,19H,9H2,1H3. The molecule has 106 valence electrons. The first kappa shape index (κ1) is 15.3. The maximum atomic E-state index is 13.3. The molecule has 5 heteroatoms. The van der Waals surface area contributed by atoms with Crippen molar-refractivity contribution in [3.63, 3.8) is 0 Å². The van der Waals surface area contributed by atoms with E-state index >= 15 is 0 Å². The minimum Gasteiger partial charge on any atom is -0.312 e. The van der Waals surface area contributed by atoms with E-state index in [1.165, 1.54) is 6.07 Å². The van der Waals surface area contributed by atoms with Crippen molar-refractivity contribution in [1.82, 2.24) is 5.32 Å². The second kappa shape index (κ2) is 7.07. The lowest BCUT2D eigenvalue weighted by molar-refractivity contribution is 0.504. The molecule has 1 unspecified atom stereocenters. The summed E-state index contributed by atoms with van der Waals surface area (Å²) < 4.78 is 26.2. The lowest BCUT2D eigenvalue weighted by Crippen LogP contribution is -2.19. The molecule has 0 radical (unpaired) electrons. The summed E-state index contributed by atoms with van der Waals surface area (Å²) in [4.78, 5) is 0.969. The molecule has 0 aliphatic heterocycles. The minimum atomic E-state index is -0.831. The molecule has 0 amide bonds. The second-order valence-electron chi connectivity index (χ2n) is 4.26. The van der Waals surface area contributed by atoms with Crippen LogP contribution in [0.4, 0.5) is 8.78 Å². The summed E-state index contributed by atoms with van der Waals surface area (Å²) in [5.41, 5.74) is 0.714. The van der Waals surface area contributed by atoms with E-state index in [0.717, 1.165) is 11.0 Å². The van der Waals surface area contributed by atoms with Crippen molar-refractivity contribution in [1.29, 1.82) is 0 Å². The highest BCUT2D eigenvalue weighted by molar-refractivity contribution is 7.99. The Kier molecular flexibility index (Phi) is 5.40. The van der Waals surface area contributed by atoms with Gasteiger partial charge in [-0.05, 0) is 36.9 Å². The minimum absolute atomic E-state index is 0.0774. The molecule has 2 aromatic rings. The number of benzene rings is 2. The third-order valence-corrected chi connectivity index (χ3v) is 4.55. The van der Waals surface area contributed by atoms with Crippen LogP contribution in [-0.2, 0) is 0 Å². The van der Waals surface area contributed by atoms with Crippen LogP contribution < -0.4 is 5.32 Å². The first-order valence-corrected chi connectivity index (χ1v) is 7.47. The van der Waals surface area contributed by atoms with Crippen LogP contribution in [0.1, 0.15) is 11.6 Å². The van der Waals surface area contributed by atoms with Crippen molar-refractivity contribution in [2.75, 3.05) is 12.8 Å². The molecule has 1 nitrogen and oxygen atoms in total. The molecule has 0 aliphatic rings. The summed E-state index contributed by atoms with van der Waals surface area (Å²) in [6, 6.07) is 11.4. The highest BCUT2D eigenvalue weighted by Crippen LogP contribution is 2.30. The molecule has 0 saturated heterocycles. The van der Waals surface area contributed by atoms with Crippen LogP contribution in [0.25, 0.3) is 0 Å². The van der Waals surface area contributed by atoms with Gasteiger partial charge in [0.25, 0.3) is 0 Å². The molecule has 20 heavy (non-hydrogen) atoms. The van der Waals surface area contributed by atoms with Crippen molar-refractivity contribution < 1.29 is 8.78 Å². The van der Waals surface area contributed by atoms with E-state index in [9.17, 15) is 8.78 Å². The summed E-state index contributed by atoms with van der Waals surface area (Å²) in [5.74, 6) is -0.987. The summed E-state index contributed by atoms with van der Waals surface area (Å²) in [5, 5.41) is 3.79. The Labute approximate surface area is 126 Å². The number of halogens is 3. The normalized spacial score (nSPS) is 12.4. The van der Waals surface area contributed by atoms with Gasteiger partial charge in [0.1, 0.15) is 0 Å². The van der Waals surface area contributed by atoms with Gasteiger partial charge in [-0.15, -0.1) is 11.8 Å². The van der Waals surface area contributed by atoms with Crippen LogP contribution in [-0.4, -0.2) is 12.8 Å². The highest BCUT2D eigenvalue weighted by Gasteiger charge is 2.13. The van der Waals surface area contributed by atoms with E-state index in [4.69, 9.17) is 11.6 Å². The van der Waals surface area contributed by atoms with E-state index in [1.54, 1.807) is 24.9 Å². The molecule has 0 aliphatic carbocycles. The van der Waals surface area contributed by atoms with Crippen LogP contribution in [0.3, 0.4) is 0 Å². The molecule has 2 rings (SSSR count). The maximum Gasteiger partial charge on any atom is 0.159 e. The number of thioether (sulfide) groups is 1. The topological polar surface area (TPSA) is 12.0 Å².